The molecule has 1 aromatic carbocycles. The topological polar surface area (TPSA) is 182 Å². The van der Waals surface area contributed by atoms with Gasteiger partial charge in [-0.1, -0.05) is 52.8 Å². The van der Waals surface area contributed by atoms with Crippen molar-refractivity contribution >= 4 is 29.2 Å². The van der Waals surface area contributed by atoms with Crippen molar-refractivity contribution in [2.75, 3.05) is 26.7 Å². The van der Waals surface area contributed by atoms with Crippen LogP contribution in [-0.2, 0) is 23.8 Å². The largest absolute Gasteiger partial charge is 0.507 e. The number of esters is 1. The Morgan fingerprint density at radius 3 is 2.31 bits per heavy atom. The molecule has 14 nitrogen and oxygen atoms in total. The molecule has 1 aliphatic carbocycles. The number of ketones is 2. The van der Waals surface area contributed by atoms with Gasteiger partial charge >= 0.3 is 11.8 Å². The molecule has 4 heterocycles. The second-order valence-electron chi connectivity index (χ2n) is 19.1. The Labute approximate surface area is 366 Å². The van der Waals surface area contributed by atoms with Crippen molar-refractivity contribution < 1.29 is 52.8 Å². The van der Waals surface area contributed by atoms with Crippen LogP contribution in [0.4, 0.5) is 0 Å². The molecule has 14 heteroatoms. The number of phenolic OH excluding ortho intramolecular Hbond substituents is 1. The van der Waals surface area contributed by atoms with Crippen molar-refractivity contribution in [3.8, 4) is 11.5 Å². The van der Waals surface area contributed by atoms with E-state index in [1.54, 1.807) is 32.1 Å². The third-order valence-electron chi connectivity index (χ3n) is 13.8. The number of nitrogens with one attached hydrogen (secondary N) is 2. The van der Waals surface area contributed by atoms with E-state index in [-0.39, 0.29) is 62.9 Å². The Morgan fingerprint density at radius 2 is 1.69 bits per heavy atom. The number of fused-ring (bicyclic) bond motifs is 3. The SMILES string of the molecule is CO[C@H]1/C=C/O[C@@]2(C)Oc3c(C)c(O)c4c(c3C2=O)C2=NC3(CC[N+](CC(C)C)(C(C)C)CC3)NC2=C(NC(=O)/C(C)=C\C=C\[C@H](C)[C@H](O)CC[C@@H](C)[C@H](OC(C)=O)[C@@H]1C)C4=O. The molecule has 0 saturated carbocycles. The summed E-state index contributed by atoms with van der Waals surface area (Å²) in [6, 6.07) is 0.371. The molecule has 4 N–H and O–H groups in total. The number of carbonyl (C=O) groups excluding carboxylic acids is 4. The number of aromatic hydroxyl groups is 1. The first-order valence-corrected chi connectivity index (χ1v) is 22.1. The maximum absolute atomic E-state index is 14.8. The number of hydrogen-bond donors (Lipinski definition) is 4. The zero-order chi connectivity index (χ0) is 45.6. The lowest BCUT2D eigenvalue weighted by Crippen LogP contribution is -2.63. The molecule has 0 radical (unpaired) electrons. The van der Waals surface area contributed by atoms with Crippen LogP contribution in [0.5, 0.6) is 11.5 Å². The summed E-state index contributed by atoms with van der Waals surface area (Å²) in [6.45, 7) is 23.3. The van der Waals surface area contributed by atoms with Crippen molar-refractivity contribution in [2.24, 2.45) is 28.7 Å². The minimum absolute atomic E-state index is 0.0512. The van der Waals surface area contributed by atoms with Gasteiger partial charge in [0.25, 0.3) is 11.7 Å². The highest BCUT2D eigenvalue weighted by Crippen LogP contribution is 2.50. The fraction of sp³-hybridized carbons (Fsp3) is 0.604. The average molecular weight is 860 g/mol. The lowest BCUT2D eigenvalue weighted by molar-refractivity contribution is -0.955. The van der Waals surface area contributed by atoms with Crippen molar-refractivity contribution in [1.29, 1.82) is 0 Å². The number of phenols is 1. The first-order chi connectivity index (χ1) is 29.1. The molecule has 5 bridgehead atoms. The Morgan fingerprint density at radius 1 is 1.02 bits per heavy atom. The number of hydrogen-bond acceptors (Lipinski definition) is 12. The van der Waals surface area contributed by atoms with Gasteiger partial charge in [-0.05, 0) is 52.5 Å². The van der Waals surface area contributed by atoms with E-state index in [2.05, 4.69) is 38.3 Å². The van der Waals surface area contributed by atoms with Gasteiger partial charge in [-0.25, -0.2) is 0 Å². The van der Waals surface area contributed by atoms with Crippen LogP contribution in [0.15, 0.2) is 52.5 Å². The zero-order valence-electron chi connectivity index (χ0n) is 38.5. The smallest absolute Gasteiger partial charge is 0.312 e. The molecule has 0 aromatic heterocycles. The van der Waals surface area contributed by atoms with E-state index in [0.717, 1.165) is 24.1 Å². The number of nitrogens with zero attached hydrogens (tertiary/aromatic N) is 2. The monoisotopic (exact) mass is 859 g/mol. The van der Waals surface area contributed by atoms with Gasteiger partial charge in [0.05, 0.1) is 66.7 Å². The minimum Gasteiger partial charge on any atom is -0.507 e. The number of likely N-dealkylation sites (tertiary alicyclic amines) is 1. The molecule has 5 aliphatic rings. The van der Waals surface area contributed by atoms with Gasteiger partial charge < -0.3 is 44.3 Å². The van der Waals surface area contributed by atoms with E-state index < -0.39 is 59.0 Å². The van der Waals surface area contributed by atoms with Gasteiger partial charge in [-0.15, -0.1) is 0 Å². The van der Waals surface area contributed by atoms with Crippen LogP contribution in [-0.4, -0.2) is 106 Å². The van der Waals surface area contributed by atoms with Crippen LogP contribution in [0.1, 0.15) is 127 Å². The number of ether oxygens (including phenoxy) is 4. The Bertz CT molecular complexity index is 2140. The molecule has 4 aliphatic heterocycles. The lowest BCUT2D eigenvalue weighted by atomic mass is 9.82. The number of rotatable bonds is 5. The number of aliphatic imine (C=N–C) groups is 1. The Balaban J connectivity index is 1.49. The maximum Gasteiger partial charge on any atom is 0.312 e. The lowest BCUT2D eigenvalue weighted by Gasteiger charge is -2.50. The number of Topliss-reactive ketones (excluding diaryl/α,β-unsaturated/α-hetero) is 2. The Kier molecular flexibility index (Phi) is 13.4. The summed E-state index contributed by atoms with van der Waals surface area (Å²) in [5.41, 5.74) is 0.101. The second-order valence-corrected chi connectivity index (χ2v) is 19.1. The van der Waals surface area contributed by atoms with E-state index >= 15 is 0 Å². The van der Waals surface area contributed by atoms with Gasteiger partial charge in [0.2, 0.25) is 5.78 Å². The van der Waals surface area contributed by atoms with E-state index in [1.807, 2.05) is 26.8 Å². The molecule has 1 spiro atoms. The number of methoxy groups -OCH3 is 1. The first-order valence-electron chi connectivity index (χ1n) is 22.1. The molecule has 62 heavy (non-hydrogen) atoms. The highest BCUT2D eigenvalue weighted by molar-refractivity contribution is 6.34. The van der Waals surface area contributed by atoms with Crippen LogP contribution < -0.4 is 15.4 Å². The summed E-state index contributed by atoms with van der Waals surface area (Å²) in [5, 5.41) is 29.5. The van der Waals surface area contributed by atoms with Crippen LogP contribution >= 0.6 is 0 Å². The summed E-state index contributed by atoms with van der Waals surface area (Å²) in [4.78, 5) is 61.2. The molecular formula is C48H67N4O10+. The van der Waals surface area contributed by atoms with Crippen molar-refractivity contribution in [2.45, 2.75) is 138 Å². The molecule has 7 atom stereocenters. The molecule has 1 amide bonds. The predicted octanol–water partition coefficient (Wildman–Crippen LogP) is 6.32. The predicted molar refractivity (Wildman–Crippen MR) is 234 cm³/mol. The van der Waals surface area contributed by atoms with E-state index in [1.165, 1.54) is 27.2 Å². The fourth-order valence-electron chi connectivity index (χ4n) is 9.91. The number of aliphatic hydroxyl groups is 1. The van der Waals surface area contributed by atoms with Crippen molar-refractivity contribution in [3.05, 3.63) is 69.8 Å². The minimum atomic E-state index is -1.92. The quantitative estimate of drug-likeness (QED) is 0.192. The standard InChI is InChI=1S/C48H66N4O10/c1-25(2)24-52(26(3)4)21-19-48(20-22-52)50-38-35-36-41(55)31(9)44-37(35)45(57)47(11,62-44)60-23-18-34(59-12)30(8)43(61-32(10)53)28(6)16-17-33(54)27(5)14-13-15-29(7)46(58)49-40(42(36)56)39(38)51-48/h13-15,18,23,25-28,30,33-34,43,54H,16-17,19-22,24H2,1-12H3,(H2-,49,50,51,55,56,57,58)/p+1/b14-13+,23-18+,29-15-/t27-,28+,30+,33+,34-,43-,47-,48?,52?/m0/s1. The summed E-state index contributed by atoms with van der Waals surface area (Å²) in [5.74, 6) is -4.87. The molecule has 6 rings (SSSR count). The number of piperidine rings is 1. The highest BCUT2D eigenvalue weighted by atomic mass is 16.7. The first kappa shape index (κ1) is 46.7. The van der Waals surface area contributed by atoms with E-state index in [9.17, 15) is 29.4 Å². The number of amides is 1. The van der Waals surface area contributed by atoms with E-state index in [0.29, 0.717) is 43.2 Å². The van der Waals surface area contributed by atoms with Crippen LogP contribution in [0.2, 0.25) is 0 Å². The third kappa shape index (κ3) is 8.62. The summed E-state index contributed by atoms with van der Waals surface area (Å²) in [6.07, 6.45) is 8.32. The molecule has 338 valence electrons. The van der Waals surface area contributed by atoms with Gasteiger partial charge in [0, 0.05) is 68.3 Å². The molecule has 0 unspecified atom stereocenters. The molecule has 1 saturated heterocycles. The van der Waals surface area contributed by atoms with Gasteiger partial charge in [0.15, 0.2) is 0 Å². The summed E-state index contributed by atoms with van der Waals surface area (Å²) < 4.78 is 25.1. The third-order valence-corrected chi connectivity index (χ3v) is 13.8. The number of carbonyl (C=O) groups is 4. The second kappa shape index (κ2) is 17.8. The number of benzene rings is 1. The van der Waals surface area contributed by atoms with Gasteiger partial charge in [0.1, 0.15) is 29.0 Å². The highest BCUT2D eigenvalue weighted by Gasteiger charge is 2.55. The summed E-state index contributed by atoms with van der Waals surface area (Å²) in [7, 11) is 1.53. The normalized spacial score (nSPS) is 34.8. The molecule has 1 fully saturated rings. The van der Waals surface area contributed by atoms with E-state index in [4.69, 9.17) is 23.9 Å². The summed E-state index contributed by atoms with van der Waals surface area (Å²) >= 11 is 0. The number of allylic oxidation sites excluding steroid dienone is 4. The van der Waals surface area contributed by atoms with Gasteiger partial charge in [-0.2, -0.15) is 0 Å². The van der Waals surface area contributed by atoms with Crippen molar-refractivity contribution in [1.82, 2.24) is 10.6 Å². The van der Waals surface area contributed by atoms with Gasteiger partial charge in [-0.3, -0.25) is 24.2 Å². The fourth-order valence-corrected chi connectivity index (χ4v) is 9.91. The van der Waals surface area contributed by atoms with Crippen LogP contribution in [0, 0.1) is 30.6 Å². The van der Waals surface area contributed by atoms with Crippen molar-refractivity contribution in [3.63, 3.8) is 0 Å². The molecule has 1 aromatic rings. The number of quaternary nitrogens is 1. The number of aliphatic hydroxyl groups excluding tert-OH is 1. The van der Waals surface area contributed by atoms with Crippen LogP contribution in [0.25, 0.3) is 0 Å². The molecular weight excluding hydrogens is 793 g/mol. The zero-order valence-corrected chi connectivity index (χ0v) is 38.5. The average Bonchev–Trinajstić information content (AvgIpc) is 3.71. The van der Waals surface area contributed by atoms with Crippen LogP contribution in [0.3, 0.4) is 0 Å². The maximum atomic E-state index is 14.8. The Hall–Kier alpha value is -4.79.